The average Bonchev–Trinajstić information content (AvgIpc) is 2.43. The molecule has 1 aromatic carbocycles. The molecule has 1 heterocycles. The summed E-state index contributed by atoms with van der Waals surface area (Å²) >= 11 is 0. The Hall–Kier alpha value is -2.89. The van der Waals surface area contributed by atoms with E-state index >= 15 is 0 Å². The maximum Gasteiger partial charge on any atom is 0.289 e. The van der Waals surface area contributed by atoms with Gasteiger partial charge in [0.05, 0.1) is 6.21 Å². The van der Waals surface area contributed by atoms with Gasteiger partial charge in [-0.3, -0.25) is 9.78 Å². The number of rotatable bonds is 3. The third-order valence-corrected chi connectivity index (χ3v) is 2.28. The van der Waals surface area contributed by atoms with E-state index in [0.29, 0.717) is 5.56 Å². The normalized spacial score (nSPS) is 10.5. The summed E-state index contributed by atoms with van der Waals surface area (Å²) in [5, 5.41) is 22.4. The number of nitrogens with one attached hydrogen (secondary N) is 1. The number of nitrogens with zero attached hydrogens (tertiary/aromatic N) is 2. The van der Waals surface area contributed by atoms with Gasteiger partial charge in [-0.1, -0.05) is 6.07 Å². The van der Waals surface area contributed by atoms with E-state index in [1.54, 1.807) is 18.2 Å². The molecule has 3 N–H and O–H groups in total. The van der Waals surface area contributed by atoms with E-state index in [9.17, 15) is 15.0 Å². The molecule has 6 heteroatoms. The second-order valence-corrected chi connectivity index (χ2v) is 3.66. The van der Waals surface area contributed by atoms with Crippen LogP contribution >= 0.6 is 0 Å². The average molecular weight is 257 g/mol. The molecule has 2 aromatic rings. The van der Waals surface area contributed by atoms with Crippen LogP contribution in [0.3, 0.4) is 0 Å². The lowest BCUT2D eigenvalue weighted by Crippen LogP contribution is -2.18. The minimum atomic E-state index is -0.462. The monoisotopic (exact) mass is 257 g/mol. The van der Waals surface area contributed by atoms with Crippen molar-refractivity contribution in [1.82, 2.24) is 10.4 Å². The van der Waals surface area contributed by atoms with Crippen molar-refractivity contribution in [3.05, 3.63) is 53.9 Å². The third kappa shape index (κ3) is 3.29. The first-order chi connectivity index (χ1) is 9.16. The zero-order valence-corrected chi connectivity index (χ0v) is 9.82. The minimum absolute atomic E-state index is 0.00435. The van der Waals surface area contributed by atoms with Crippen molar-refractivity contribution in [2.24, 2.45) is 5.10 Å². The molecule has 1 aromatic heterocycles. The van der Waals surface area contributed by atoms with Crippen LogP contribution in [0.2, 0.25) is 0 Å². The molecule has 0 aliphatic carbocycles. The molecule has 19 heavy (non-hydrogen) atoms. The maximum absolute atomic E-state index is 11.6. The molecule has 0 atom stereocenters. The molecule has 0 bridgehead atoms. The van der Waals surface area contributed by atoms with Crippen molar-refractivity contribution in [2.75, 3.05) is 0 Å². The third-order valence-electron chi connectivity index (χ3n) is 2.28. The van der Waals surface area contributed by atoms with Crippen LogP contribution in [0, 0.1) is 0 Å². The highest BCUT2D eigenvalue weighted by atomic mass is 16.3. The molecule has 0 aliphatic heterocycles. The molecule has 0 fully saturated rings. The number of carbonyl (C=O) groups excluding carboxylic acids is 1. The standard InChI is InChI=1S/C13H11N3O3/c17-10-4-5-12(18)9(7-10)8-15-16-13(19)11-3-1-2-6-14-11/h1-8,17-18H,(H,16,19)/b15-8-. The van der Waals surface area contributed by atoms with E-state index < -0.39 is 5.91 Å². The Balaban J connectivity index is 2.04. The Morgan fingerprint density at radius 2 is 2.11 bits per heavy atom. The fourth-order valence-corrected chi connectivity index (χ4v) is 1.36. The highest BCUT2D eigenvalue weighted by Crippen LogP contribution is 2.19. The molecule has 0 spiro atoms. The Labute approximate surface area is 109 Å². The van der Waals surface area contributed by atoms with Crippen molar-refractivity contribution in [2.45, 2.75) is 0 Å². The van der Waals surface area contributed by atoms with E-state index in [0.717, 1.165) is 0 Å². The van der Waals surface area contributed by atoms with Gasteiger partial charge < -0.3 is 10.2 Å². The number of phenolic OH excluding ortho intramolecular Hbond substituents is 2. The van der Waals surface area contributed by atoms with Gasteiger partial charge in [0.2, 0.25) is 0 Å². The number of aromatic hydroxyl groups is 2. The first-order valence-electron chi connectivity index (χ1n) is 5.43. The maximum atomic E-state index is 11.6. The number of aromatic nitrogens is 1. The quantitative estimate of drug-likeness (QED) is 0.438. The molecule has 0 aliphatic rings. The van der Waals surface area contributed by atoms with Crippen LogP contribution in [0.4, 0.5) is 0 Å². The number of hydrogen-bond acceptors (Lipinski definition) is 5. The van der Waals surface area contributed by atoms with Crippen molar-refractivity contribution in [1.29, 1.82) is 0 Å². The van der Waals surface area contributed by atoms with Gasteiger partial charge in [0.1, 0.15) is 17.2 Å². The van der Waals surface area contributed by atoms with Crippen LogP contribution in [0.1, 0.15) is 16.1 Å². The van der Waals surface area contributed by atoms with E-state index in [2.05, 4.69) is 15.5 Å². The van der Waals surface area contributed by atoms with Crippen molar-refractivity contribution in [3.8, 4) is 11.5 Å². The predicted octanol–water partition coefficient (Wildman–Crippen LogP) is 1.26. The Morgan fingerprint density at radius 1 is 1.26 bits per heavy atom. The molecule has 0 radical (unpaired) electrons. The Bertz CT molecular complexity index is 612. The molecule has 6 nitrogen and oxygen atoms in total. The fourth-order valence-electron chi connectivity index (χ4n) is 1.36. The molecule has 0 unspecified atom stereocenters. The van der Waals surface area contributed by atoms with Gasteiger partial charge >= 0.3 is 0 Å². The summed E-state index contributed by atoms with van der Waals surface area (Å²) in [4.78, 5) is 15.4. The van der Waals surface area contributed by atoms with Crippen LogP contribution < -0.4 is 5.43 Å². The number of pyridine rings is 1. The number of amides is 1. The van der Waals surface area contributed by atoms with Crippen LogP contribution in [-0.2, 0) is 0 Å². The first kappa shape index (κ1) is 12.6. The lowest BCUT2D eigenvalue weighted by Gasteiger charge is -2.00. The Morgan fingerprint density at radius 3 is 2.84 bits per heavy atom. The van der Waals surface area contributed by atoms with Gasteiger partial charge in [-0.2, -0.15) is 5.10 Å². The lowest BCUT2D eigenvalue weighted by molar-refractivity contribution is 0.0950. The number of phenols is 2. The summed E-state index contributed by atoms with van der Waals surface area (Å²) in [5.74, 6) is -0.513. The second kappa shape index (κ2) is 5.63. The number of hydrogen-bond donors (Lipinski definition) is 3. The second-order valence-electron chi connectivity index (χ2n) is 3.66. The number of carbonyl (C=O) groups is 1. The van der Waals surface area contributed by atoms with Crippen LogP contribution in [0.15, 0.2) is 47.7 Å². The highest BCUT2D eigenvalue weighted by molar-refractivity contribution is 5.93. The summed E-state index contributed by atoms with van der Waals surface area (Å²) in [6.45, 7) is 0. The largest absolute Gasteiger partial charge is 0.508 e. The molecule has 0 saturated heterocycles. The van der Waals surface area contributed by atoms with Gasteiger partial charge in [0, 0.05) is 11.8 Å². The van der Waals surface area contributed by atoms with E-state index in [-0.39, 0.29) is 17.2 Å². The molecular formula is C13H11N3O3. The van der Waals surface area contributed by atoms with Crippen molar-refractivity contribution >= 4 is 12.1 Å². The van der Waals surface area contributed by atoms with Gasteiger partial charge in [-0.15, -0.1) is 0 Å². The molecular weight excluding hydrogens is 246 g/mol. The Kier molecular flexibility index (Phi) is 3.72. The predicted molar refractivity (Wildman–Crippen MR) is 69.1 cm³/mol. The molecule has 0 saturated carbocycles. The van der Waals surface area contributed by atoms with Gasteiger partial charge in [-0.25, -0.2) is 5.43 Å². The van der Waals surface area contributed by atoms with Gasteiger partial charge in [-0.05, 0) is 30.3 Å². The van der Waals surface area contributed by atoms with Gasteiger partial charge in [0.25, 0.3) is 5.91 Å². The van der Waals surface area contributed by atoms with E-state index in [1.807, 2.05) is 0 Å². The van der Waals surface area contributed by atoms with E-state index in [4.69, 9.17) is 0 Å². The van der Waals surface area contributed by atoms with Gasteiger partial charge in [0.15, 0.2) is 0 Å². The summed E-state index contributed by atoms with van der Waals surface area (Å²) in [6.07, 6.45) is 2.73. The zero-order chi connectivity index (χ0) is 13.7. The molecule has 1 amide bonds. The van der Waals surface area contributed by atoms with Crippen LogP contribution in [0.5, 0.6) is 11.5 Å². The summed E-state index contributed by atoms with van der Waals surface area (Å²) in [7, 11) is 0. The molecule has 96 valence electrons. The van der Waals surface area contributed by atoms with E-state index in [1.165, 1.54) is 30.6 Å². The molecule has 2 rings (SSSR count). The number of benzene rings is 1. The smallest absolute Gasteiger partial charge is 0.289 e. The summed E-state index contributed by atoms with van der Waals surface area (Å²) in [5.41, 5.74) is 2.80. The number of hydrazone groups is 1. The SMILES string of the molecule is O=C(N/N=C\c1cc(O)ccc1O)c1ccccn1. The minimum Gasteiger partial charge on any atom is -0.508 e. The lowest BCUT2D eigenvalue weighted by atomic mass is 10.2. The highest BCUT2D eigenvalue weighted by Gasteiger charge is 2.04. The van der Waals surface area contributed by atoms with Crippen molar-refractivity contribution in [3.63, 3.8) is 0 Å². The fraction of sp³-hybridized carbons (Fsp3) is 0. The topological polar surface area (TPSA) is 94.8 Å². The van der Waals surface area contributed by atoms with Crippen molar-refractivity contribution < 1.29 is 15.0 Å². The van der Waals surface area contributed by atoms with Crippen LogP contribution in [-0.4, -0.2) is 27.3 Å². The first-order valence-corrected chi connectivity index (χ1v) is 5.43. The van der Waals surface area contributed by atoms with Crippen LogP contribution in [0.25, 0.3) is 0 Å². The summed E-state index contributed by atoms with van der Waals surface area (Å²) in [6, 6.07) is 8.94. The zero-order valence-electron chi connectivity index (χ0n) is 9.82. The summed E-state index contributed by atoms with van der Waals surface area (Å²) < 4.78 is 0.